The number of rotatable bonds is 1. The second-order valence-corrected chi connectivity index (χ2v) is 2.76. The zero-order valence-electron chi connectivity index (χ0n) is 6.41. The third kappa shape index (κ3) is 1.33. The van der Waals surface area contributed by atoms with Gasteiger partial charge in [-0.15, -0.1) is 0 Å². The summed E-state index contributed by atoms with van der Waals surface area (Å²) in [5.41, 5.74) is 0.767. The van der Waals surface area contributed by atoms with Gasteiger partial charge in [0.15, 0.2) is 0 Å². The second-order valence-electron chi connectivity index (χ2n) is 2.38. The highest BCUT2D eigenvalue weighted by Gasteiger charge is 2.08. The van der Waals surface area contributed by atoms with Crippen LogP contribution in [0.3, 0.4) is 0 Å². The minimum absolute atomic E-state index is 0.0731. The molecule has 0 spiro atoms. The van der Waals surface area contributed by atoms with E-state index in [-0.39, 0.29) is 10.6 Å². The molecule has 0 aliphatic rings. The molecule has 0 fully saturated rings. The number of halogens is 1. The molecular formula is C7H5ClN4O. The highest BCUT2D eigenvalue weighted by Crippen LogP contribution is 2.19. The molecule has 0 saturated carbocycles. The van der Waals surface area contributed by atoms with Crippen molar-refractivity contribution in [2.45, 2.75) is 0 Å². The normalized spacial score (nSPS) is 10.2. The molecule has 2 N–H and O–H groups in total. The average molecular weight is 197 g/mol. The van der Waals surface area contributed by atoms with E-state index in [0.29, 0.717) is 11.3 Å². The first-order chi connectivity index (χ1) is 6.29. The molecule has 0 atom stereocenters. The first kappa shape index (κ1) is 8.00. The molecular weight excluding hydrogens is 192 g/mol. The van der Waals surface area contributed by atoms with Crippen LogP contribution in [0.25, 0.3) is 11.3 Å². The molecule has 0 bridgehead atoms. The molecule has 0 amide bonds. The second kappa shape index (κ2) is 3.02. The quantitative estimate of drug-likeness (QED) is 0.709. The van der Waals surface area contributed by atoms with Gasteiger partial charge in [0.25, 0.3) is 5.56 Å². The molecule has 2 aromatic heterocycles. The first-order valence-electron chi connectivity index (χ1n) is 3.51. The van der Waals surface area contributed by atoms with Gasteiger partial charge >= 0.3 is 0 Å². The highest BCUT2D eigenvalue weighted by molar-refractivity contribution is 6.32. The van der Waals surface area contributed by atoms with Crippen molar-refractivity contribution in [3.05, 3.63) is 34.1 Å². The fourth-order valence-electron chi connectivity index (χ4n) is 0.965. The van der Waals surface area contributed by atoms with Gasteiger partial charge in [0.05, 0.1) is 18.2 Å². The van der Waals surface area contributed by atoms with Crippen LogP contribution in [0, 0.1) is 0 Å². The smallest absolute Gasteiger partial charge is 0.270 e. The van der Waals surface area contributed by atoms with Crippen molar-refractivity contribution in [1.82, 2.24) is 20.2 Å². The van der Waals surface area contributed by atoms with E-state index >= 15 is 0 Å². The lowest BCUT2D eigenvalue weighted by atomic mass is 10.2. The fourth-order valence-corrected chi connectivity index (χ4v) is 1.18. The Morgan fingerprint density at radius 3 is 3.00 bits per heavy atom. The Morgan fingerprint density at radius 2 is 2.31 bits per heavy atom. The van der Waals surface area contributed by atoms with E-state index < -0.39 is 0 Å². The fraction of sp³-hybridized carbons (Fsp3) is 0. The summed E-state index contributed by atoms with van der Waals surface area (Å²) in [5, 5.41) is 6.42. The Kier molecular flexibility index (Phi) is 1.86. The van der Waals surface area contributed by atoms with Gasteiger partial charge in [0.1, 0.15) is 5.02 Å². The van der Waals surface area contributed by atoms with Crippen molar-refractivity contribution >= 4 is 11.6 Å². The van der Waals surface area contributed by atoms with E-state index in [2.05, 4.69) is 20.2 Å². The van der Waals surface area contributed by atoms with Gasteiger partial charge in [0.2, 0.25) is 0 Å². The molecule has 0 unspecified atom stereocenters. The maximum absolute atomic E-state index is 11.1. The molecule has 66 valence electrons. The molecule has 6 heteroatoms. The van der Waals surface area contributed by atoms with E-state index in [4.69, 9.17) is 11.6 Å². The van der Waals surface area contributed by atoms with Crippen molar-refractivity contribution in [1.29, 1.82) is 0 Å². The van der Waals surface area contributed by atoms with Gasteiger partial charge in [-0.3, -0.25) is 9.89 Å². The van der Waals surface area contributed by atoms with Crippen molar-refractivity contribution in [3.8, 4) is 11.3 Å². The Labute approximate surface area is 77.8 Å². The summed E-state index contributed by atoms with van der Waals surface area (Å²) in [6.45, 7) is 0. The number of aromatic nitrogens is 4. The van der Waals surface area contributed by atoms with Crippen molar-refractivity contribution < 1.29 is 0 Å². The van der Waals surface area contributed by atoms with Crippen LogP contribution in [0.5, 0.6) is 0 Å². The van der Waals surface area contributed by atoms with Gasteiger partial charge < -0.3 is 4.98 Å². The number of aromatic amines is 2. The summed E-state index contributed by atoms with van der Waals surface area (Å²) in [6, 6.07) is 0. The van der Waals surface area contributed by atoms with E-state index in [1.54, 1.807) is 12.4 Å². The lowest BCUT2D eigenvalue weighted by molar-refractivity contribution is 1.09. The predicted molar refractivity (Wildman–Crippen MR) is 47.4 cm³/mol. The van der Waals surface area contributed by atoms with Crippen LogP contribution in [0.4, 0.5) is 0 Å². The van der Waals surface area contributed by atoms with E-state index in [9.17, 15) is 4.79 Å². The van der Waals surface area contributed by atoms with E-state index in [1.807, 2.05) is 0 Å². The SMILES string of the molecule is O=c1[nH]cnc(-c2cn[nH]c2)c1Cl. The third-order valence-corrected chi connectivity index (χ3v) is 1.92. The number of nitrogens with zero attached hydrogens (tertiary/aromatic N) is 2. The summed E-state index contributed by atoms with van der Waals surface area (Å²) in [6.07, 6.45) is 4.47. The zero-order valence-corrected chi connectivity index (χ0v) is 7.17. The molecule has 2 heterocycles. The highest BCUT2D eigenvalue weighted by atomic mass is 35.5. The van der Waals surface area contributed by atoms with Gasteiger partial charge in [-0.1, -0.05) is 11.6 Å². The molecule has 5 nitrogen and oxygen atoms in total. The number of H-pyrrole nitrogens is 2. The van der Waals surface area contributed by atoms with Gasteiger partial charge in [0, 0.05) is 11.8 Å². The van der Waals surface area contributed by atoms with Crippen molar-refractivity contribution in [3.63, 3.8) is 0 Å². The number of hydrogen-bond acceptors (Lipinski definition) is 3. The van der Waals surface area contributed by atoms with E-state index in [0.717, 1.165) is 0 Å². The van der Waals surface area contributed by atoms with Crippen molar-refractivity contribution in [2.24, 2.45) is 0 Å². The maximum Gasteiger partial charge on any atom is 0.270 e. The van der Waals surface area contributed by atoms with Gasteiger partial charge in [-0.25, -0.2) is 4.98 Å². The largest absolute Gasteiger partial charge is 0.312 e. The summed E-state index contributed by atoms with van der Waals surface area (Å²) in [4.78, 5) is 17.4. The Bertz CT molecular complexity index is 462. The Hall–Kier alpha value is -1.62. The predicted octanol–water partition coefficient (Wildman–Crippen LogP) is 0.813. The van der Waals surface area contributed by atoms with E-state index in [1.165, 1.54) is 6.33 Å². The molecule has 0 saturated heterocycles. The molecule has 13 heavy (non-hydrogen) atoms. The summed E-state index contributed by atoms with van der Waals surface area (Å²) < 4.78 is 0. The van der Waals surface area contributed by atoms with Crippen LogP contribution in [0.1, 0.15) is 0 Å². The zero-order chi connectivity index (χ0) is 9.26. The monoisotopic (exact) mass is 196 g/mol. The third-order valence-electron chi connectivity index (χ3n) is 1.57. The van der Waals surface area contributed by atoms with Crippen LogP contribution < -0.4 is 5.56 Å². The molecule has 0 aliphatic carbocycles. The Morgan fingerprint density at radius 1 is 1.46 bits per heavy atom. The molecule has 0 aromatic carbocycles. The minimum atomic E-state index is -0.354. The average Bonchev–Trinajstić information content (AvgIpc) is 2.62. The minimum Gasteiger partial charge on any atom is -0.312 e. The van der Waals surface area contributed by atoms with Crippen LogP contribution in [-0.4, -0.2) is 20.2 Å². The molecule has 2 aromatic rings. The number of hydrogen-bond donors (Lipinski definition) is 2. The maximum atomic E-state index is 11.1. The lowest BCUT2D eigenvalue weighted by Gasteiger charge is -1.96. The van der Waals surface area contributed by atoms with Gasteiger partial charge in [-0.05, 0) is 0 Å². The van der Waals surface area contributed by atoms with Crippen LogP contribution in [0.2, 0.25) is 5.02 Å². The molecule has 0 radical (unpaired) electrons. The first-order valence-corrected chi connectivity index (χ1v) is 3.89. The van der Waals surface area contributed by atoms with Crippen LogP contribution in [0.15, 0.2) is 23.5 Å². The van der Waals surface area contributed by atoms with Gasteiger partial charge in [-0.2, -0.15) is 5.10 Å². The topological polar surface area (TPSA) is 74.4 Å². The van der Waals surface area contributed by atoms with Crippen molar-refractivity contribution in [2.75, 3.05) is 0 Å². The van der Waals surface area contributed by atoms with Crippen LogP contribution in [-0.2, 0) is 0 Å². The summed E-state index contributed by atoms with van der Waals surface area (Å²) in [7, 11) is 0. The lowest BCUT2D eigenvalue weighted by Crippen LogP contribution is -2.07. The molecule has 2 rings (SSSR count). The standard InChI is InChI=1S/C7H5ClN4O/c8-5-6(4-1-11-12-2-4)9-3-10-7(5)13/h1-3H,(H,11,12)(H,9,10,13). The van der Waals surface area contributed by atoms with Crippen LogP contribution >= 0.6 is 11.6 Å². The summed E-state index contributed by atoms with van der Waals surface area (Å²) in [5.74, 6) is 0. The summed E-state index contributed by atoms with van der Waals surface area (Å²) >= 11 is 5.74. The molecule has 0 aliphatic heterocycles. The Balaban J connectivity index is 2.66. The number of nitrogens with one attached hydrogen (secondary N) is 2.